The molecule has 0 unspecified atom stereocenters. The largest absolute Gasteiger partial charge is 0.391 e. The molecule has 0 aromatic heterocycles. The van der Waals surface area contributed by atoms with Gasteiger partial charge in [-0.05, 0) is 36.1 Å². The van der Waals surface area contributed by atoms with E-state index in [4.69, 9.17) is 4.74 Å². The Morgan fingerprint density at radius 1 is 0.889 bits per heavy atom. The molecule has 0 radical (unpaired) electrons. The molecule has 27 heavy (non-hydrogen) atoms. The number of nitrogens with zero attached hydrogens (tertiary/aromatic N) is 1. The van der Waals surface area contributed by atoms with E-state index in [-0.39, 0.29) is 12.1 Å². The zero-order valence-electron chi connectivity index (χ0n) is 15.3. The van der Waals surface area contributed by atoms with Crippen LogP contribution >= 0.6 is 0 Å². The lowest BCUT2D eigenvalue weighted by molar-refractivity contribution is -0.0322. The molecule has 5 heteroatoms. The third-order valence-corrected chi connectivity index (χ3v) is 5.83. The van der Waals surface area contributed by atoms with E-state index in [1.54, 1.807) is 0 Å². The van der Waals surface area contributed by atoms with Gasteiger partial charge in [0, 0.05) is 0 Å². The predicted octanol–water partition coefficient (Wildman–Crippen LogP) is 1.80. The Balaban J connectivity index is 1.34. The Kier molecular flexibility index (Phi) is 5.57. The second-order valence-electron chi connectivity index (χ2n) is 7.56. The maximum Gasteiger partial charge on any atom is 0.0995 e. The minimum atomic E-state index is -0.918. The second-order valence-corrected chi connectivity index (χ2v) is 7.56. The van der Waals surface area contributed by atoms with Crippen LogP contribution in [0.15, 0.2) is 54.6 Å². The molecule has 2 aliphatic rings. The van der Waals surface area contributed by atoms with Gasteiger partial charge in [-0.3, -0.25) is 4.90 Å². The highest BCUT2D eigenvalue weighted by Gasteiger charge is 2.51. The van der Waals surface area contributed by atoms with Crippen LogP contribution < -0.4 is 0 Å². The first kappa shape index (κ1) is 18.6. The van der Waals surface area contributed by atoms with Crippen molar-refractivity contribution in [3.8, 4) is 11.1 Å². The van der Waals surface area contributed by atoms with Crippen molar-refractivity contribution in [2.75, 3.05) is 13.2 Å². The molecule has 4 rings (SSSR count). The number of aliphatic hydroxyl groups is 3. The van der Waals surface area contributed by atoms with Crippen molar-refractivity contribution in [3.63, 3.8) is 0 Å². The zero-order valence-corrected chi connectivity index (χ0v) is 15.3. The van der Waals surface area contributed by atoms with Gasteiger partial charge in [-0.1, -0.05) is 54.6 Å². The molecule has 2 heterocycles. The van der Waals surface area contributed by atoms with Crippen LogP contribution in [-0.2, 0) is 11.3 Å². The van der Waals surface area contributed by atoms with Crippen LogP contribution in [0.4, 0.5) is 0 Å². The average molecular weight is 369 g/mol. The maximum atomic E-state index is 10.4. The topological polar surface area (TPSA) is 73.2 Å². The zero-order chi connectivity index (χ0) is 18.8. The molecule has 0 spiro atoms. The van der Waals surface area contributed by atoms with Crippen molar-refractivity contribution in [1.82, 2.24) is 4.90 Å². The SMILES string of the molecule is O[C@@H]1[C@H](O)[C@@H](COCc2ccc(-c3ccccc3)cc2)N2CCC[C@@H](O)[C@H]12. The second kappa shape index (κ2) is 8.09. The Morgan fingerprint density at radius 3 is 2.33 bits per heavy atom. The van der Waals surface area contributed by atoms with E-state index in [1.165, 1.54) is 11.1 Å². The molecule has 3 N–H and O–H groups in total. The quantitative estimate of drug-likeness (QED) is 0.750. The predicted molar refractivity (Wildman–Crippen MR) is 103 cm³/mol. The first-order chi connectivity index (χ1) is 13.1. The van der Waals surface area contributed by atoms with E-state index in [9.17, 15) is 15.3 Å². The van der Waals surface area contributed by atoms with Crippen molar-refractivity contribution in [1.29, 1.82) is 0 Å². The van der Waals surface area contributed by atoms with Crippen molar-refractivity contribution >= 4 is 0 Å². The van der Waals surface area contributed by atoms with Gasteiger partial charge in [0.15, 0.2) is 0 Å². The van der Waals surface area contributed by atoms with Crippen molar-refractivity contribution in [2.24, 2.45) is 0 Å². The van der Waals surface area contributed by atoms with Gasteiger partial charge in [-0.15, -0.1) is 0 Å². The van der Waals surface area contributed by atoms with E-state index >= 15 is 0 Å². The molecular formula is C22H27NO4. The Morgan fingerprint density at radius 2 is 1.59 bits per heavy atom. The van der Waals surface area contributed by atoms with Crippen LogP contribution in [0, 0.1) is 0 Å². The van der Waals surface area contributed by atoms with Crippen molar-refractivity contribution in [3.05, 3.63) is 60.2 Å². The summed E-state index contributed by atoms with van der Waals surface area (Å²) in [5.41, 5.74) is 3.42. The van der Waals surface area contributed by atoms with Gasteiger partial charge < -0.3 is 20.1 Å². The standard InChI is InChI=1S/C22H27NO4/c24-19-7-4-12-23-18(21(25)22(26)20(19)23)14-27-13-15-8-10-17(11-9-15)16-5-2-1-3-6-16/h1-3,5-6,8-11,18-22,24-26H,4,7,12-14H2/t18-,19-,20-,21-,22+/m1/s1. The van der Waals surface area contributed by atoms with Crippen LogP contribution in [0.5, 0.6) is 0 Å². The fourth-order valence-corrected chi connectivity index (χ4v) is 4.38. The molecule has 2 fully saturated rings. The number of ether oxygens (including phenoxy) is 1. The Bertz CT molecular complexity index is 736. The minimum absolute atomic E-state index is 0.274. The lowest BCUT2D eigenvalue weighted by Crippen LogP contribution is -2.51. The summed E-state index contributed by atoms with van der Waals surface area (Å²) in [7, 11) is 0. The van der Waals surface area contributed by atoms with Gasteiger partial charge in [-0.25, -0.2) is 0 Å². The Hall–Kier alpha value is -1.76. The molecule has 2 aromatic rings. The van der Waals surface area contributed by atoms with Gasteiger partial charge in [0.05, 0.1) is 43.6 Å². The smallest absolute Gasteiger partial charge is 0.0995 e. The fraction of sp³-hybridized carbons (Fsp3) is 0.455. The number of piperidine rings is 1. The maximum absolute atomic E-state index is 10.4. The Labute approximate surface area is 159 Å². The average Bonchev–Trinajstić information content (AvgIpc) is 2.95. The van der Waals surface area contributed by atoms with Crippen LogP contribution in [0.2, 0.25) is 0 Å². The molecule has 2 aliphatic heterocycles. The summed E-state index contributed by atoms with van der Waals surface area (Å²) < 4.78 is 5.86. The first-order valence-electron chi connectivity index (χ1n) is 9.67. The van der Waals surface area contributed by atoms with Gasteiger partial charge in [0.2, 0.25) is 0 Å². The van der Waals surface area contributed by atoms with Crippen molar-refractivity contribution in [2.45, 2.75) is 49.8 Å². The molecule has 5 atom stereocenters. The molecule has 5 nitrogen and oxygen atoms in total. The number of fused-ring (bicyclic) bond motifs is 1. The molecular weight excluding hydrogens is 342 g/mol. The summed E-state index contributed by atoms with van der Waals surface area (Å²) in [5, 5.41) is 30.8. The van der Waals surface area contributed by atoms with Crippen LogP contribution in [0.1, 0.15) is 18.4 Å². The van der Waals surface area contributed by atoms with Crippen LogP contribution in [-0.4, -0.2) is 63.8 Å². The lowest BCUT2D eigenvalue weighted by atomic mass is 9.97. The summed E-state index contributed by atoms with van der Waals surface area (Å²) in [4.78, 5) is 2.02. The van der Waals surface area contributed by atoms with E-state index in [0.29, 0.717) is 19.6 Å². The van der Waals surface area contributed by atoms with Crippen LogP contribution in [0.25, 0.3) is 11.1 Å². The van der Waals surface area contributed by atoms with E-state index in [1.807, 2.05) is 23.1 Å². The highest BCUT2D eigenvalue weighted by atomic mass is 16.5. The molecule has 0 aliphatic carbocycles. The fourth-order valence-electron chi connectivity index (χ4n) is 4.38. The third kappa shape index (κ3) is 3.79. The molecule has 0 bridgehead atoms. The minimum Gasteiger partial charge on any atom is -0.391 e. The van der Waals surface area contributed by atoms with Gasteiger partial charge in [0.25, 0.3) is 0 Å². The number of hydrogen-bond acceptors (Lipinski definition) is 5. The van der Waals surface area contributed by atoms with Crippen molar-refractivity contribution < 1.29 is 20.1 Å². The van der Waals surface area contributed by atoms with Crippen LogP contribution in [0.3, 0.4) is 0 Å². The number of aliphatic hydroxyl groups excluding tert-OH is 3. The van der Waals surface area contributed by atoms with Gasteiger partial charge in [-0.2, -0.15) is 0 Å². The summed E-state index contributed by atoms with van der Waals surface area (Å²) >= 11 is 0. The highest BCUT2D eigenvalue weighted by Crippen LogP contribution is 2.33. The normalized spacial score (nSPS) is 31.0. The van der Waals surface area contributed by atoms with Gasteiger partial charge in [0.1, 0.15) is 0 Å². The lowest BCUT2D eigenvalue weighted by Gasteiger charge is -2.37. The highest BCUT2D eigenvalue weighted by molar-refractivity contribution is 5.63. The number of rotatable bonds is 5. The third-order valence-electron chi connectivity index (χ3n) is 5.83. The van der Waals surface area contributed by atoms with Gasteiger partial charge >= 0.3 is 0 Å². The molecule has 144 valence electrons. The van der Waals surface area contributed by atoms with E-state index < -0.39 is 18.3 Å². The summed E-state index contributed by atoms with van der Waals surface area (Å²) in [6.45, 7) is 1.56. The first-order valence-corrected chi connectivity index (χ1v) is 9.67. The summed E-state index contributed by atoms with van der Waals surface area (Å²) in [5.74, 6) is 0. The molecule has 0 amide bonds. The summed E-state index contributed by atoms with van der Waals surface area (Å²) in [6, 6.07) is 17.8. The summed E-state index contributed by atoms with van der Waals surface area (Å²) in [6.07, 6.45) is -0.845. The number of benzene rings is 2. The van der Waals surface area contributed by atoms with E-state index in [2.05, 4.69) is 36.4 Å². The molecule has 2 aromatic carbocycles. The van der Waals surface area contributed by atoms with E-state index in [0.717, 1.165) is 18.5 Å². The number of hydrogen-bond donors (Lipinski definition) is 3. The molecule has 2 saturated heterocycles. The monoisotopic (exact) mass is 369 g/mol. The molecule has 0 saturated carbocycles.